The van der Waals surface area contributed by atoms with Crippen molar-refractivity contribution >= 4 is 0 Å². The third kappa shape index (κ3) is 2.14. The predicted octanol–water partition coefficient (Wildman–Crippen LogP) is 1.23. The Bertz CT molecular complexity index is 288. The molecule has 0 spiro atoms. The molecular weight excluding hydrogens is 150 g/mol. The summed E-state index contributed by atoms with van der Waals surface area (Å²) in [6, 6.07) is 4.22. The molecule has 3 nitrogen and oxygen atoms in total. The van der Waals surface area contributed by atoms with Gasteiger partial charge in [0, 0.05) is 0 Å². The third-order valence-corrected chi connectivity index (χ3v) is 1.62. The van der Waals surface area contributed by atoms with Gasteiger partial charge >= 0.3 is 0 Å². The standard InChI is InChI=1S/C9H9N3/c10-4-1-8-3-6-12-9(7-8)2-5-11/h3,6-7,9,12H,1-2H2. The van der Waals surface area contributed by atoms with E-state index in [-0.39, 0.29) is 6.04 Å². The normalized spacial score (nSPS) is 20.2. The predicted molar refractivity (Wildman–Crippen MR) is 44.6 cm³/mol. The number of dihydropyridines is 1. The summed E-state index contributed by atoms with van der Waals surface area (Å²) in [7, 11) is 0. The van der Waals surface area contributed by atoms with Gasteiger partial charge in [0.25, 0.3) is 0 Å². The maximum Gasteiger partial charge on any atom is 0.0669 e. The van der Waals surface area contributed by atoms with Gasteiger partial charge in [-0.3, -0.25) is 0 Å². The second-order valence-corrected chi connectivity index (χ2v) is 2.55. The summed E-state index contributed by atoms with van der Waals surface area (Å²) >= 11 is 0. The number of rotatable bonds is 2. The largest absolute Gasteiger partial charge is 0.384 e. The van der Waals surface area contributed by atoms with Crippen LogP contribution in [0.5, 0.6) is 0 Å². The number of allylic oxidation sites excluding steroid dienone is 2. The van der Waals surface area contributed by atoms with Crippen molar-refractivity contribution in [3.63, 3.8) is 0 Å². The molecule has 0 aromatic carbocycles. The summed E-state index contributed by atoms with van der Waals surface area (Å²) in [5.74, 6) is 0. The first kappa shape index (κ1) is 8.36. The Hall–Kier alpha value is -1.74. The van der Waals surface area contributed by atoms with Crippen molar-refractivity contribution in [1.82, 2.24) is 5.32 Å². The van der Waals surface area contributed by atoms with E-state index in [1.807, 2.05) is 12.2 Å². The monoisotopic (exact) mass is 159 g/mol. The van der Waals surface area contributed by atoms with Crippen molar-refractivity contribution < 1.29 is 0 Å². The van der Waals surface area contributed by atoms with Crippen LogP contribution in [0.3, 0.4) is 0 Å². The SMILES string of the molecule is N#CCC1=CC(CC#N)NC=C1. The molecule has 0 aromatic rings. The summed E-state index contributed by atoms with van der Waals surface area (Å²) in [5, 5.41) is 19.9. The Morgan fingerprint density at radius 2 is 2.25 bits per heavy atom. The zero-order valence-electron chi connectivity index (χ0n) is 6.62. The molecule has 0 saturated carbocycles. The van der Waals surface area contributed by atoms with Gasteiger partial charge in [-0.25, -0.2) is 0 Å². The molecule has 0 aliphatic carbocycles. The summed E-state index contributed by atoms with van der Waals surface area (Å²) in [5.41, 5.74) is 0.983. The van der Waals surface area contributed by atoms with Crippen LogP contribution in [-0.2, 0) is 0 Å². The molecule has 3 heteroatoms. The van der Waals surface area contributed by atoms with Gasteiger partial charge in [-0.15, -0.1) is 0 Å². The molecule has 0 aromatic heterocycles. The third-order valence-electron chi connectivity index (χ3n) is 1.62. The van der Waals surface area contributed by atoms with Crippen molar-refractivity contribution in [3.05, 3.63) is 23.9 Å². The topological polar surface area (TPSA) is 59.6 Å². The first-order valence-corrected chi connectivity index (χ1v) is 3.74. The molecule has 1 heterocycles. The molecule has 1 atom stereocenters. The first-order valence-electron chi connectivity index (χ1n) is 3.74. The van der Waals surface area contributed by atoms with Crippen molar-refractivity contribution in [1.29, 1.82) is 10.5 Å². The Balaban J connectivity index is 2.58. The summed E-state index contributed by atoms with van der Waals surface area (Å²) in [6.45, 7) is 0. The minimum atomic E-state index is 0.0725. The van der Waals surface area contributed by atoms with E-state index in [0.717, 1.165) is 5.57 Å². The van der Waals surface area contributed by atoms with Crippen LogP contribution < -0.4 is 5.32 Å². The minimum Gasteiger partial charge on any atom is -0.384 e. The Morgan fingerprint density at radius 1 is 1.42 bits per heavy atom. The van der Waals surface area contributed by atoms with Gasteiger partial charge < -0.3 is 5.32 Å². The van der Waals surface area contributed by atoms with Crippen molar-refractivity contribution in [3.8, 4) is 12.1 Å². The van der Waals surface area contributed by atoms with Gasteiger partial charge in [-0.05, 0) is 17.8 Å². The van der Waals surface area contributed by atoms with Gasteiger partial charge in [0.05, 0.1) is 31.0 Å². The second kappa shape index (κ2) is 4.20. The van der Waals surface area contributed by atoms with Crippen molar-refractivity contribution in [2.24, 2.45) is 0 Å². The van der Waals surface area contributed by atoms with Crippen LogP contribution in [0.4, 0.5) is 0 Å². The highest BCUT2D eigenvalue weighted by atomic mass is 14.9. The van der Waals surface area contributed by atoms with E-state index < -0.39 is 0 Å². The van der Waals surface area contributed by atoms with E-state index in [2.05, 4.69) is 17.5 Å². The Labute approximate surface area is 71.6 Å². The number of nitrogens with one attached hydrogen (secondary N) is 1. The van der Waals surface area contributed by atoms with E-state index in [1.165, 1.54) is 0 Å². The number of nitriles is 2. The average molecular weight is 159 g/mol. The van der Waals surface area contributed by atoms with Gasteiger partial charge in [-0.2, -0.15) is 10.5 Å². The van der Waals surface area contributed by atoms with Crippen LogP contribution in [0.2, 0.25) is 0 Å². The molecule has 60 valence electrons. The molecule has 0 bridgehead atoms. The quantitative estimate of drug-likeness (QED) is 0.659. The van der Waals surface area contributed by atoms with E-state index >= 15 is 0 Å². The van der Waals surface area contributed by atoms with E-state index in [1.54, 1.807) is 6.20 Å². The lowest BCUT2D eigenvalue weighted by atomic mass is 10.1. The molecular formula is C9H9N3. The zero-order chi connectivity index (χ0) is 8.81. The number of nitrogens with zero attached hydrogens (tertiary/aromatic N) is 2. The van der Waals surface area contributed by atoms with Gasteiger partial charge in [0.15, 0.2) is 0 Å². The summed E-state index contributed by atoms with van der Waals surface area (Å²) < 4.78 is 0. The van der Waals surface area contributed by atoms with E-state index in [0.29, 0.717) is 12.8 Å². The fourth-order valence-electron chi connectivity index (χ4n) is 1.07. The number of hydrogen-bond acceptors (Lipinski definition) is 3. The van der Waals surface area contributed by atoms with Crippen molar-refractivity contribution in [2.75, 3.05) is 0 Å². The summed E-state index contributed by atoms with van der Waals surface area (Å²) in [4.78, 5) is 0. The van der Waals surface area contributed by atoms with Crippen LogP contribution in [0, 0.1) is 22.7 Å². The fourth-order valence-corrected chi connectivity index (χ4v) is 1.07. The highest BCUT2D eigenvalue weighted by molar-refractivity contribution is 5.27. The van der Waals surface area contributed by atoms with Crippen LogP contribution >= 0.6 is 0 Å². The number of hydrogen-bond donors (Lipinski definition) is 1. The molecule has 12 heavy (non-hydrogen) atoms. The molecule has 0 radical (unpaired) electrons. The first-order chi connectivity index (χ1) is 5.86. The lowest BCUT2D eigenvalue weighted by Gasteiger charge is -2.14. The molecule has 1 N–H and O–H groups in total. The maximum atomic E-state index is 8.43. The average Bonchev–Trinajstić information content (AvgIpc) is 2.06. The Kier molecular flexibility index (Phi) is 2.93. The smallest absolute Gasteiger partial charge is 0.0669 e. The molecule has 0 amide bonds. The van der Waals surface area contributed by atoms with Crippen LogP contribution in [0.1, 0.15) is 12.8 Å². The fraction of sp³-hybridized carbons (Fsp3) is 0.333. The molecule has 1 aliphatic rings. The van der Waals surface area contributed by atoms with Crippen LogP contribution in [0.15, 0.2) is 23.9 Å². The molecule has 1 unspecified atom stereocenters. The van der Waals surface area contributed by atoms with Crippen LogP contribution in [-0.4, -0.2) is 6.04 Å². The van der Waals surface area contributed by atoms with Gasteiger partial charge in [-0.1, -0.05) is 6.08 Å². The summed E-state index contributed by atoms with van der Waals surface area (Å²) in [6.07, 6.45) is 6.43. The highest BCUT2D eigenvalue weighted by Crippen LogP contribution is 2.09. The van der Waals surface area contributed by atoms with Gasteiger partial charge in [0.1, 0.15) is 0 Å². The maximum absolute atomic E-state index is 8.43. The van der Waals surface area contributed by atoms with Crippen LogP contribution in [0.25, 0.3) is 0 Å². The molecule has 1 aliphatic heterocycles. The minimum absolute atomic E-state index is 0.0725. The van der Waals surface area contributed by atoms with E-state index in [9.17, 15) is 0 Å². The molecule has 0 saturated heterocycles. The second-order valence-electron chi connectivity index (χ2n) is 2.55. The molecule has 0 fully saturated rings. The lowest BCUT2D eigenvalue weighted by molar-refractivity contribution is 0.701. The highest BCUT2D eigenvalue weighted by Gasteiger charge is 2.06. The zero-order valence-corrected chi connectivity index (χ0v) is 6.62. The van der Waals surface area contributed by atoms with E-state index in [4.69, 9.17) is 10.5 Å². The van der Waals surface area contributed by atoms with Crippen molar-refractivity contribution in [2.45, 2.75) is 18.9 Å². The van der Waals surface area contributed by atoms with Gasteiger partial charge in [0.2, 0.25) is 0 Å². The molecule has 1 rings (SSSR count). The Morgan fingerprint density at radius 3 is 2.92 bits per heavy atom. The lowest BCUT2D eigenvalue weighted by Crippen LogP contribution is -2.24.